The van der Waals surface area contributed by atoms with Crippen LogP contribution in [0.1, 0.15) is 18.7 Å². The third kappa shape index (κ3) is 2.94. The molecule has 6 rings (SSSR count). The van der Waals surface area contributed by atoms with Crippen molar-refractivity contribution >= 4 is 33.4 Å². The monoisotopic (exact) mass is 434 g/mol. The van der Waals surface area contributed by atoms with E-state index in [1.54, 1.807) is 26.4 Å². The number of H-pyrrole nitrogens is 1. The Hall–Kier alpha value is -3.53. The zero-order valence-corrected chi connectivity index (χ0v) is 17.8. The van der Waals surface area contributed by atoms with Gasteiger partial charge in [-0.15, -0.1) is 0 Å². The minimum atomic E-state index is -0.326. The Balaban J connectivity index is 1.53. The Morgan fingerprint density at radius 1 is 1.28 bits per heavy atom. The Bertz CT molecular complexity index is 1350. The molecule has 4 heterocycles. The smallest absolute Gasteiger partial charge is 0.326 e. The van der Waals surface area contributed by atoms with Crippen molar-refractivity contribution in [3.8, 4) is 11.8 Å². The molecule has 4 aromatic rings. The number of aromatic amines is 1. The molecular formula is C22H23FN8O. The van der Waals surface area contributed by atoms with Crippen LogP contribution in [0.3, 0.4) is 0 Å². The molecule has 1 aliphatic carbocycles. The van der Waals surface area contributed by atoms with Gasteiger partial charge >= 0.3 is 6.01 Å². The number of fused-ring (bicyclic) bond motifs is 3. The summed E-state index contributed by atoms with van der Waals surface area (Å²) in [6, 6.07) is 3.38. The molecule has 164 valence electrons. The van der Waals surface area contributed by atoms with Gasteiger partial charge in [-0.2, -0.15) is 9.97 Å². The van der Waals surface area contributed by atoms with Crippen LogP contribution in [0.15, 0.2) is 24.5 Å². The van der Waals surface area contributed by atoms with Crippen molar-refractivity contribution in [2.45, 2.75) is 25.8 Å². The molecule has 10 heteroatoms. The van der Waals surface area contributed by atoms with Crippen LogP contribution in [-0.2, 0) is 0 Å². The van der Waals surface area contributed by atoms with Crippen LogP contribution in [-0.4, -0.2) is 51.1 Å². The highest BCUT2D eigenvalue weighted by atomic mass is 19.1. The molecule has 2 fully saturated rings. The standard InChI is InChI=1S/C22H23FN8O/c1-11-26-8-13(9-27-11)32-21-29-19-17(14-5-12(23)6-15(25-2)18(14)28-19)20(30-21)31-4-3-22(10-31)7-16(22)24/h5-6,8-9,16,25H,3-4,7,10,24H2,1-2H3,(H,28,29,30). The predicted octanol–water partition coefficient (Wildman–Crippen LogP) is 3.11. The van der Waals surface area contributed by atoms with Crippen LogP contribution in [0.25, 0.3) is 21.9 Å². The van der Waals surface area contributed by atoms with E-state index >= 15 is 0 Å². The summed E-state index contributed by atoms with van der Waals surface area (Å²) in [5.74, 6) is 1.48. The van der Waals surface area contributed by atoms with Crippen molar-refractivity contribution in [1.82, 2.24) is 24.9 Å². The number of nitrogens with one attached hydrogen (secondary N) is 2. The summed E-state index contributed by atoms with van der Waals surface area (Å²) < 4.78 is 20.3. The lowest BCUT2D eigenvalue weighted by molar-refractivity contribution is 0.439. The summed E-state index contributed by atoms with van der Waals surface area (Å²) in [4.78, 5) is 23.2. The van der Waals surface area contributed by atoms with E-state index in [0.29, 0.717) is 28.7 Å². The minimum Gasteiger partial charge on any atom is -0.421 e. The van der Waals surface area contributed by atoms with Crippen LogP contribution in [0, 0.1) is 18.2 Å². The lowest BCUT2D eigenvalue weighted by Crippen LogP contribution is -2.24. The van der Waals surface area contributed by atoms with Gasteiger partial charge in [-0.1, -0.05) is 0 Å². The molecule has 4 N–H and O–H groups in total. The Labute approximate surface area is 183 Å². The molecule has 32 heavy (non-hydrogen) atoms. The Kier molecular flexibility index (Phi) is 4.03. The first kappa shape index (κ1) is 19.2. The maximum Gasteiger partial charge on any atom is 0.326 e. The first-order valence-corrected chi connectivity index (χ1v) is 10.6. The maximum atomic E-state index is 14.4. The van der Waals surface area contributed by atoms with Gasteiger partial charge < -0.3 is 25.7 Å². The summed E-state index contributed by atoms with van der Waals surface area (Å²) in [6.07, 6.45) is 5.21. The van der Waals surface area contributed by atoms with Crippen molar-refractivity contribution in [3.63, 3.8) is 0 Å². The van der Waals surface area contributed by atoms with E-state index in [2.05, 4.69) is 30.2 Å². The van der Waals surface area contributed by atoms with Crippen molar-refractivity contribution in [2.24, 2.45) is 11.1 Å². The number of anilines is 2. The maximum absolute atomic E-state index is 14.4. The fourth-order valence-corrected chi connectivity index (χ4v) is 4.76. The van der Waals surface area contributed by atoms with E-state index in [-0.39, 0.29) is 23.3 Å². The van der Waals surface area contributed by atoms with Gasteiger partial charge in [0.1, 0.15) is 23.1 Å². The first-order valence-electron chi connectivity index (χ1n) is 10.6. The molecule has 2 aliphatic rings. The molecule has 0 amide bonds. The minimum absolute atomic E-state index is 0.149. The molecule has 0 radical (unpaired) electrons. The average Bonchev–Trinajstić information content (AvgIpc) is 3.10. The molecule has 1 aromatic carbocycles. The molecule has 3 aromatic heterocycles. The van der Waals surface area contributed by atoms with E-state index in [0.717, 1.165) is 42.2 Å². The van der Waals surface area contributed by atoms with E-state index in [1.165, 1.54) is 12.1 Å². The van der Waals surface area contributed by atoms with Gasteiger partial charge in [0, 0.05) is 37.0 Å². The van der Waals surface area contributed by atoms with E-state index in [4.69, 9.17) is 15.5 Å². The highest BCUT2D eigenvalue weighted by molar-refractivity contribution is 6.14. The number of ether oxygens (including phenoxy) is 1. The zero-order chi connectivity index (χ0) is 22.0. The second-order valence-electron chi connectivity index (χ2n) is 8.72. The number of nitrogens with zero attached hydrogens (tertiary/aromatic N) is 5. The number of nitrogens with two attached hydrogens (primary N) is 1. The highest BCUT2D eigenvalue weighted by Gasteiger charge is 2.56. The first-order chi connectivity index (χ1) is 15.5. The number of aromatic nitrogens is 5. The number of hydrogen-bond acceptors (Lipinski definition) is 8. The van der Waals surface area contributed by atoms with Gasteiger partial charge in [0.2, 0.25) is 0 Å². The average molecular weight is 434 g/mol. The molecule has 2 unspecified atom stereocenters. The Morgan fingerprint density at radius 3 is 2.75 bits per heavy atom. The van der Waals surface area contributed by atoms with Crippen molar-refractivity contribution in [2.75, 3.05) is 30.4 Å². The molecule has 9 nitrogen and oxygen atoms in total. The highest BCUT2D eigenvalue weighted by Crippen LogP contribution is 2.53. The number of benzene rings is 1. The summed E-state index contributed by atoms with van der Waals surface area (Å²) in [6.45, 7) is 3.45. The lowest BCUT2D eigenvalue weighted by atomic mass is 10.1. The molecule has 1 saturated carbocycles. The number of halogens is 1. The van der Waals surface area contributed by atoms with E-state index in [1.807, 2.05) is 0 Å². The normalized spacial score (nSPS) is 22.2. The largest absolute Gasteiger partial charge is 0.421 e. The van der Waals surface area contributed by atoms with Crippen molar-refractivity contribution in [3.05, 3.63) is 36.2 Å². The number of aryl methyl sites for hydroxylation is 1. The van der Waals surface area contributed by atoms with Gasteiger partial charge in [-0.25, -0.2) is 14.4 Å². The van der Waals surface area contributed by atoms with Crippen LogP contribution < -0.4 is 20.7 Å². The molecule has 1 aliphatic heterocycles. The van der Waals surface area contributed by atoms with Crippen LogP contribution in [0.5, 0.6) is 11.8 Å². The van der Waals surface area contributed by atoms with Gasteiger partial charge in [0.05, 0.1) is 29.0 Å². The lowest BCUT2D eigenvalue weighted by Gasteiger charge is -2.19. The molecule has 2 atom stereocenters. The summed E-state index contributed by atoms with van der Waals surface area (Å²) >= 11 is 0. The zero-order valence-electron chi connectivity index (χ0n) is 17.8. The molecular weight excluding hydrogens is 411 g/mol. The van der Waals surface area contributed by atoms with Crippen molar-refractivity contribution in [1.29, 1.82) is 0 Å². The number of rotatable bonds is 4. The third-order valence-electron chi connectivity index (χ3n) is 6.66. The van der Waals surface area contributed by atoms with Crippen LogP contribution in [0.2, 0.25) is 0 Å². The van der Waals surface area contributed by atoms with Crippen molar-refractivity contribution < 1.29 is 9.13 Å². The fourth-order valence-electron chi connectivity index (χ4n) is 4.76. The SMILES string of the molecule is CNc1cc(F)cc2c1[nH]c1nc(Oc3cnc(C)nc3)nc(N3CCC4(CC4N)C3)c12. The predicted molar refractivity (Wildman–Crippen MR) is 120 cm³/mol. The quantitative estimate of drug-likeness (QED) is 0.448. The van der Waals surface area contributed by atoms with Gasteiger partial charge in [0.25, 0.3) is 0 Å². The van der Waals surface area contributed by atoms with Gasteiger partial charge in [-0.05, 0) is 31.9 Å². The Morgan fingerprint density at radius 2 is 2.06 bits per heavy atom. The second kappa shape index (κ2) is 6.73. The molecule has 0 bridgehead atoms. The molecule has 1 saturated heterocycles. The third-order valence-corrected chi connectivity index (χ3v) is 6.66. The van der Waals surface area contributed by atoms with E-state index < -0.39 is 0 Å². The number of hydrogen-bond donors (Lipinski definition) is 3. The second-order valence-corrected chi connectivity index (χ2v) is 8.72. The van der Waals surface area contributed by atoms with E-state index in [9.17, 15) is 4.39 Å². The summed E-state index contributed by atoms with van der Waals surface area (Å²) in [5.41, 5.74) is 8.38. The summed E-state index contributed by atoms with van der Waals surface area (Å²) in [5, 5.41) is 4.55. The van der Waals surface area contributed by atoms with Crippen LogP contribution >= 0.6 is 0 Å². The fraction of sp³-hybridized carbons (Fsp3) is 0.364. The van der Waals surface area contributed by atoms with Gasteiger partial charge in [-0.3, -0.25) is 0 Å². The van der Waals surface area contributed by atoms with Gasteiger partial charge in [0.15, 0.2) is 5.75 Å². The summed E-state index contributed by atoms with van der Waals surface area (Å²) in [7, 11) is 1.76. The topological polar surface area (TPSA) is 118 Å². The van der Waals surface area contributed by atoms with Crippen LogP contribution in [0.4, 0.5) is 15.9 Å². The molecule has 1 spiro atoms.